The number of fused-ring (bicyclic) bond motifs is 1. The highest BCUT2D eigenvalue weighted by atomic mass is 19.4. The third-order valence-electron chi connectivity index (χ3n) is 8.83. The van der Waals surface area contributed by atoms with E-state index in [9.17, 15) is 41.0 Å². The Morgan fingerprint density at radius 3 is 2.22 bits per heavy atom. The van der Waals surface area contributed by atoms with Crippen molar-refractivity contribution in [3.05, 3.63) is 119 Å². The Hall–Kier alpha value is -4.88. The van der Waals surface area contributed by atoms with Crippen LogP contribution in [-0.4, -0.2) is 65.6 Å². The molecule has 2 N–H and O–H groups in total. The maximum atomic E-state index is 13.8. The van der Waals surface area contributed by atoms with E-state index in [1.807, 2.05) is 18.9 Å². The molecule has 0 fully saturated rings. The van der Waals surface area contributed by atoms with Crippen LogP contribution in [0.1, 0.15) is 40.9 Å². The van der Waals surface area contributed by atoms with Crippen LogP contribution in [-0.2, 0) is 23.9 Å². The van der Waals surface area contributed by atoms with Gasteiger partial charge < -0.3 is 20.1 Å². The molecule has 0 aromatic heterocycles. The van der Waals surface area contributed by atoms with E-state index in [0.29, 0.717) is 24.2 Å². The van der Waals surface area contributed by atoms with Crippen molar-refractivity contribution in [3.63, 3.8) is 0 Å². The summed E-state index contributed by atoms with van der Waals surface area (Å²) < 4.78 is 86.6. The van der Waals surface area contributed by atoms with Gasteiger partial charge in [-0.25, -0.2) is 13.2 Å². The van der Waals surface area contributed by atoms with Crippen molar-refractivity contribution in [2.75, 3.05) is 32.1 Å². The molecule has 3 atom stereocenters. The fraction of sp³-hybridized carbons (Fsp3) is 0.316. The second-order valence-electron chi connectivity index (χ2n) is 12.9. The Labute approximate surface area is 291 Å². The standard InChI is InChI=1S/C38H37F6N3O4/c1-22-18-47(23(2)21-48)37(50)29-5-4-6-32(45-34(49)15-24-9-13-28(14-10-24)38(42,43)44)36(29)51-33(22)20-46(3)19-25-7-11-26(12-8-25)27-16-30(39)35(41)31(40)17-27/h4-14,16-17,22-23,33,48H,15,18-21H2,1-3H3,(H,45,49)/t22-,23+,33-/m1/s1. The van der Waals surface area contributed by atoms with Gasteiger partial charge in [-0.2, -0.15) is 13.2 Å². The van der Waals surface area contributed by atoms with Crippen LogP contribution in [0.3, 0.4) is 0 Å². The minimum atomic E-state index is -4.51. The molecule has 4 aromatic rings. The van der Waals surface area contributed by atoms with Crippen LogP contribution in [0.15, 0.2) is 78.9 Å². The number of likely N-dealkylation sites (N-methyl/N-ethyl adjacent to an activating group) is 1. The van der Waals surface area contributed by atoms with Crippen LogP contribution in [0.25, 0.3) is 11.1 Å². The number of ether oxygens (including phenoxy) is 1. The molecule has 4 aromatic carbocycles. The van der Waals surface area contributed by atoms with Crippen LogP contribution in [0, 0.1) is 23.4 Å². The van der Waals surface area contributed by atoms with Crippen LogP contribution in [0.5, 0.6) is 5.75 Å². The van der Waals surface area contributed by atoms with E-state index in [0.717, 1.165) is 29.8 Å². The fourth-order valence-electron chi connectivity index (χ4n) is 5.96. The number of benzene rings is 4. The molecule has 0 radical (unpaired) electrons. The Balaban J connectivity index is 1.36. The zero-order valence-corrected chi connectivity index (χ0v) is 28.1. The van der Waals surface area contributed by atoms with E-state index in [2.05, 4.69) is 5.32 Å². The van der Waals surface area contributed by atoms with Gasteiger partial charge in [0.15, 0.2) is 23.2 Å². The number of amides is 2. The van der Waals surface area contributed by atoms with Crippen molar-refractivity contribution in [2.24, 2.45) is 5.92 Å². The number of para-hydroxylation sites is 1. The Kier molecular flexibility index (Phi) is 11.4. The lowest BCUT2D eigenvalue weighted by Crippen LogP contribution is -2.49. The molecule has 51 heavy (non-hydrogen) atoms. The molecule has 1 heterocycles. The number of hydrogen-bond acceptors (Lipinski definition) is 5. The lowest BCUT2D eigenvalue weighted by molar-refractivity contribution is -0.137. The summed E-state index contributed by atoms with van der Waals surface area (Å²) in [5.41, 5.74) is 1.48. The Morgan fingerprint density at radius 2 is 1.61 bits per heavy atom. The smallest absolute Gasteiger partial charge is 0.416 e. The predicted molar refractivity (Wildman–Crippen MR) is 179 cm³/mol. The highest BCUT2D eigenvalue weighted by Gasteiger charge is 2.35. The first-order valence-electron chi connectivity index (χ1n) is 16.2. The number of alkyl halides is 3. The molecule has 0 unspecified atom stereocenters. The quantitative estimate of drug-likeness (QED) is 0.133. The third kappa shape index (κ3) is 8.89. The molecule has 5 rings (SSSR count). The van der Waals surface area contributed by atoms with Gasteiger partial charge >= 0.3 is 6.18 Å². The van der Waals surface area contributed by atoms with Crippen LogP contribution >= 0.6 is 0 Å². The van der Waals surface area contributed by atoms with Crippen LogP contribution in [0.4, 0.5) is 32.0 Å². The van der Waals surface area contributed by atoms with E-state index in [4.69, 9.17) is 4.74 Å². The second kappa shape index (κ2) is 15.6. The third-order valence-corrected chi connectivity index (χ3v) is 8.83. The fourth-order valence-corrected chi connectivity index (χ4v) is 5.96. The Morgan fingerprint density at radius 1 is 0.980 bits per heavy atom. The zero-order chi connectivity index (χ0) is 37.0. The summed E-state index contributed by atoms with van der Waals surface area (Å²) in [4.78, 5) is 30.5. The summed E-state index contributed by atoms with van der Waals surface area (Å²) in [6.07, 6.45) is -5.25. The SMILES string of the molecule is C[C@@H]1CN([C@@H](C)CO)C(=O)c2cccc(NC(=O)Cc3ccc(C(F)(F)F)cc3)c2O[C@@H]1CN(C)Cc1ccc(-c2cc(F)c(F)c(F)c2)cc1. The highest BCUT2D eigenvalue weighted by molar-refractivity contribution is 6.02. The van der Waals surface area contributed by atoms with Gasteiger partial charge in [-0.3, -0.25) is 14.5 Å². The van der Waals surface area contributed by atoms with Gasteiger partial charge in [0.05, 0.1) is 35.9 Å². The number of aliphatic hydroxyl groups excluding tert-OH is 1. The first-order chi connectivity index (χ1) is 24.1. The number of rotatable bonds is 10. The van der Waals surface area contributed by atoms with Gasteiger partial charge in [-0.15, -0.1) is 0 Å². The zero-order valence-electron chi connectivity index (χ0n) is 28.1. The van der Waals surface area contributed by atoms with Crippen LogP contribution in [0.2, 0.25) is 0 Å². The monoisotopic (exact) mass is 713 g/mol. The number of hydrogen-bond donors (Lipinski definition) is 2. The summed E-state index contributed by atoms with van der Waals surface area (Å²) >= 11 is 0. The minimum absolute atomic E-state index is 0.131. The molecular formula is C38H37F6N3O4. The van der Waals surface area contributed by atoms with Gasteiger partial charge in [0.25, 0.3) is 5.91 Å². The molecule has 0 bridgehead atoms. The molecule has 2 amide bonds. The molecule has 1 aliphatic rings. The number of carbonyl (C=O) groups is 2. The normalized spacial score (nSPS) is 17.0. The molecule has 1 aliphatic heterocycles. The minimum Gasteiger partial charge on any atom is -0.486 e. The maximum absolute atomic E-state index is 13.8. The first kappa shape index (κ1) is 37.4. The summed E-state index contributed by atoms with van der Waals surface area (Å²) in [7, 11) is 1.87. The average Bonchev–Trinajstić information content (AvgIpc) is 3.08. The predicted octanol–water partition coefficient (Wildman–Crippen LogP) is 7.32. The van der Waals surface area contributed by atoms with E-state index < -0.39 is 53.2 Å². The summed E-state index contributed by atoms with van der Waals surface area (Å²) in [5, 5.41) is 12.7. The number of aliphatic hydroxyl groups is 1. The lowest BCUT2D eigenvalue weighted by Gasteiger charge is -2.38. The van der Waals surface area contributed by atoms with E-state index in [1.54, 1.807) is 54.3 Å². The van der Waals surface area contributed by atoms with Gasteiger partial charge in [0, 0.05) is 25.6 Å². The molecule has 0 aliphatic carbocycles. The topological polar surface area (TPSA) is 82.1 Å². The number of anilines is 1. The van der Waals surface area contributed by atoms with Crippen molar-refractivity contribution in [3.8, 4) is 16.9 Å². The van der Waals surface area contributed by atoms with Gasteiger partial charge in [-0.1, -0.05) is 49.4 Å². The molecular weight excluding hydrogens is 676 g/mol. The molecule has 0 saturated carbocycles. The average molecular weight is 714 g/mol. The van der Waals surface area contributed by atoms with Crippen LogP contribution < -0.4 is 10.1 Å². The van der Waals surface area contributed by atoms with Crippen molar-refractivity contribution in [1.29, 1.82) is 0 Å². The van der Waals surface area contributed by atoms with Crippen molar-refractivity contribution in [1.82, 2.24) is 9.80 Å². The van der Waals surface area contributed by atoms with E-state index >= 15 is 0 Å². The molecule has 0 spiro atoms. The molecule has 13 heteroatoms. The van der Waals surface area contributed by atoms with Gasteiger partial charge in [0.1, 0.15) is 6.10 Å². The van der Waals surface area contributed by atoms with E-state index in [-0.39, 0.29) is 48.1 Å². The summed E-state index contributed by atoms with van der Waals surface area (Å²) in [6.45, 7) is 4.42. The number of nitrogens with one attached hydrogen (secondary N) is 1. The van der Waals surface area contributed by atoms with Crippen molar-refractivity contribution >= 4 is 17.5 Å². The molecule has 0 saturated heterocycles. The molecule has 270 valence electrons. The number of nitrogens with zero attached hydrogens (tertiary/aromatic N) is 2. The summed E-state index contributed by atoms with van der Waals surface area (Å²) in [5.74, 6) is -5.13. The van der Waals surface area contributed by atoms with Crippen molar-refractivity contribution in [2.45, 2.75) is 45.1 Å². The Bertz CT molecular complexity index is 1840. The van der Waals surface area contributed by atoms with Gasteiger partial charge in [-0.05, 0) is 72.6 Å². The largest absolute Gasteiger partial charge is 0.486 e. The second-order valence-corrected chi connectivity index (χ2v) is 12.9. The first-order valence-corrected chi connectivity index (χ1v) is 16.2. The summed E-state index contributed by atoms with van der Waals surface area (Å²) in [6, 6.07) is 17.3. The van der Waals surface area contributed by atoms with Crippen molar-refractivity contribution < 1.29 is 45.8 Å². The lowest BCUT2D eigenvalue weighted by atomic mass is 9.98. The highest BCUT2D eigenvalue weighted by Crippen LogP contribution is 2.35. The number of halogens is 6. The maximum Gasteiger partial charge on any atom is 0.416 e. The molecule has 7 nitrogen and oxygen atoms in total. The van der Waals surface area contributed by atoms with Gasteiger partial charge in [0.2, 0.25) is 5.91 Å². The number of carbonyl (C=O) groups excluding carboxylic acids is 2. The van der Waals surface area contributed by atoms with E-state index in [1.165, 1.54) is 12.1 Å².